The van der Waals surface area contributed by atoms with Gasteiger partial charge in [0.05, 0.1) is 43.0 Å². The van der Waals surface area contributed by atoms with Gasteiger partial charge in [-0.15, -0.1) is 0 Å². The molecule has 8 heteroatoms. The maximum absolute atomic E-state index is 14.2. The molecule has 1 aliphatic carbocycles. The fraction of sp³-hybridized carbons (Fsp3) is 0.385. The Labute approximate surface area is 197 Å². The molecule has 7 nitrogen and oxygen atoms in total. The number of nitrogens with zero attached hydrogens (tertiary/aromatic N) is 3. The number of pyridine rings is 1. The largest absolute Gasteiger partial charge is 0.484 e. The number of aliphatic carboxylic acids is 1. The summed E-state index contributed by atoms with van der Waals surface area (Å²) >= 11 is 0. The molecule has 1 aliphatic heterocycles. The highest BCUT2D eigenvalue weighted by molar-refractivity contribution is 5.71. The van der Waals surface area contributed by atoms with E-state index < -0.39 is 17.7 Å². The molecule has 0 radical (unpaired) electrons. The SMILES string of the molecule is COc1cc(-c2cnc([C@@H]3CCc4ccc([C@H](C5CC5)[C@H](C)C(=O)O)cc4O3)cn2)c(F)cn1. The zero-order valence-electron chi connectivity index (χ0n) is 19.1. The van der Waals surface area contributed by atoms with Crippen molar-refractivity contribution >= 4 is 5.97 Å². The van der Waals surface area contributed by atoms with E-state index in [0.29, 0.717) is 23.2 Å². The van der Waals surface area contributed by atoms with E-state index in [2.05, 4.69) is 27.1 Å². The number of hydrogen-bond donors (Lipinski definition) is 1. The minimum absolute atomic E-state index is 0.0156. The molecular formula is C26H26FN3O4. The second-order valence-electron chi connectivity index (χ2n) is 9.04. The molecule has 2 aromatic heterocycles. The van der Waals surface area contributed by atoms with Crippen molar-refractivity contribution in [2.45, 2.75) is 44.6 Å². The zero-order chi connectivity index (χ0) is 23.8. The van der Waals surface area contributed by atoms with E-state index in [-0.39, 0.29) is 17.6 Å². The Balaban J connectivity index is 1.37. The van der Waals surface area contributed by atoms with Gasteiger partial charge in [0, 0.05) is 11.6 Å². The number of hydrogen-bond acceptors (Lipinski definition) is 6. The van der Waals surface area contributed by atoms with E-state index in [4.69, 9.17) is 9.47 Å². The molecular weight excluding hydrogens is 437 g/mol. The molecule has 0 saturated heterocycles. The lowest BCUT2D eigenvalue weighted by Gasteiger charge is -2.28. The summed E-state index contributed by atoms with van der Waals surface area (Å²) in [6.07, 6.45) is 7.66. The van der Waals surface area contributed by atoms with Gasteiger partial charge >= 0.3 is 5.97 Å². The van der Waals surface area contributed by atoms with Gasteiger partial charge in [0.25, 0.3) is 0 Å². The third-order valence-corrected chi connectivity index (χ3v) is 6.80. The van der Waals surface area contributed by atoms with Gasteiger partial charge < -0.3 is 14.6 Å². The van der Waals surface area contributed by atoms with Crippen molar-refractivity contribution in [1.29, 1.82) is 0 Å². The van der Waals surface area contributed by atoms with Crippen LogP contribution in [0.5, 0.6) is 11.6 Å². The number of methoxy groups -OCH3 is 1. The summed E-state index contributed by atoms with van der Waals surface area (Å²) in [5.41, 5.74) is 3.44. The minimum atomic E-state index is -0.771. The van der Waals surface area contributed by atoms with Crippen molar-refractivity contribution in [3.8, 4) is 22.9 Å². The summed E-state index contributed by atoms with van der Waals surface area (Å²) in [4.78, 5) is 24.4. The van der Waals surface area contributed by atoms with E-state index in [1.54, 1.807) is 13.1 Å². The molecule has 1 N–H and O–H groups in total. The molecule has 0 bridgehead atoms. The number of halogens is 1. The highest BCUT2D eigenvalue weighted by Gasteiger charge is 2.39. The Morgan fingerprint density at radius 3 is 2.65 bits per heavy atom. The lowest BCUT2D eigenvalue weighted by atomic mass is 9.82. The van der Waals surface area contributed by atoms with Crippen LogP contribution in [0.25, 0.3) is 11.3 Å². The van der Waals surface area contributed by atoms with Gasteiger partial charge in [0.2, 0.25) is 5.88 Å². The van der Waals surface area contributed by atoms with Crippen LogP contribution in [0.3, 0.4) is 0 Å². The Morgan fingerprint density at radius 1 is 1.15 bits per heavy atom. The van der Waals surface area contributed by atoms with Crippen molar-refractivity contribution in [1.82, 2.24) is 15.0 Å². The van der Waals surface area contributed by atoms with Crippen LogP contribution in [0.4, 0.5) is 4.39 Å². The average Bonchev–Trinajstić information content (AvgIpc) is 3.69. The number of aryl methyl sites for hydroxylation is 1. The molecule has 176 valence electrons. The van der Waals surface area contributed by atoms with Gasteiger partial charge in [-0.2, -0.15) is 0 Å². The fourth-order valence-corrected chi connectivity index (χ4v) is 4.75. The van der Waals surface area contributed by atoms with Crippen LogP contribution in [0.1, 0.15) is 55.0 Å². The van der Waals surface area contributed by atoms with Crippen molar-refractivity contribution in [3.05, 3.63) is 65.5 Å². The molecule has 3 atom stereocenters. The molecule has 2 aliphatic rings. The number of benzene rings is 1. The monoisotopic (exact) mass is 463 g/mol. The Kier molecular flexibility index (Phi) is 5.89. The number of aromatic nitrogens is 3. The molecule has 1 fully saturated rings. The Bertz CT molecular complexity index is 1210. The van der Waals surface area contributed by atoms with Crippen molar-refractivity contribution in [3.63, 3.8) is 0 Å². The summed E-state index contributed by atoms with van der Waals surface area (Å²) < 4.78 is 25.6. The summed E-state index contributed by atoms with van der Waals surface area (Å²) in [5.74, 6) is -0.256. The first-order valence-corrected chi connectivity index (χ1v) is 11.5. The van der Waals surface area contributed by atoms with Gasteiger partial charge in [0.15, 0.2) is 5.82 Å². The lowest BCUT2D eigenvalue weighted by Crippen LogP contribution is -2.21. The van der Waals surface area contributed by atoms with Crippen LogP contribution < -0.4 is 9.47 Å². The van der Waals surface area contributed by atoms with Crippen molar-refractivity contribution < 1.29 is 23.8 Å². The highest BCUT2D eigenvalue weighted by Crippen LogP contribution is 2.48. The van der Waals surface area contributed by atoms with Gasteiger partial charge in [-0.3, -0.25) is 14.8 Å². The minimum Gasteiger partial charge on any atom is -0.484 e. The van der Waals surface area contributed by atoms with E-state index in [1.807, 2.05) is 6.07 Å². The second-order valence-corrected chi connectivity index (χ2v) is 9.04. The van der Waals surface area contributed by atoms with Crippen LogP contribution >= 0.6 is 0 Å². The number of carboxylic acid groups (broad SMARTS) is 1. The highest BCUT2D eigenvalue weighted by atomic mass is 19.1. The first kappa shape index (κ1) is 22.3. The average molecular weight is 464 g/mol. The van der Waals surface area contributed by atoms with Crippen LogP contribution in [0.15, 0.2) is 42.9 Å². The summed E-state index contributed by atoms with van der Waals surface area (Å²) in [5, 5.41) is 9.59. The number of carbonyl (C=O) groups is 1. The first-order chi connectivity index (χ1) is 16.4. The molecule has 0 unspecified atom stereocenters. The van der Waals surface area contributed by atoms with Crippen molar-refractivity contribution in [2.75, 3.05) is 7.11 Å². The van der Waals surface area contributed by atoms with Crippen LogP contribution in [-0.4, -0.2) is 33.1 Å². The van der Waals surface area contributed by atoms with Crippen LogP contribution in [-0.2, 0) is 11.2 Å². The molecule has 1 aromatic carbocycles. The fourth-order valence-electron chi connectivity index (χ4n) is 4.75. The number of ether oxygens (including phenoxy) is 2. The standard InChI is InChI=1S/C26H26FN3O4/c1-14(26(31)32)25(16-4-5-16)17-6-3-15-7-8-22(34-23(15)9-17)21-13-28-20(12-29-21)18-10-24(33-2)30-11-19(18)27/h3,6,9-14,16,22,25H,4-5,7-8H2,1-2H3,(H,31,32)/t14-,22-,25-/m0/s1. The third-order valence-electron chi connectivity index (χ3n) is 6.80. The van der Waals surface area contributed by atoms with E-state index in [9.17, 15) is 14.3 Å². The molecule has 0 spiro atoms. The maximum atomic E-state index is 14.2. The van der Waals surface area contributed by atoms with Crippen molar-refractivity contribution in [2.24, 2.45) is 11.8 Å². The molecule has 1 saturated carbocycles. The van der Waals surface area contributed by atoms with Gasteiger partial charge in [-0.1, -0.05) is 19.1 Å². The van der Waals surface area contributed by atoms with Crippen LogP contribution in [0, 0.1) is 17.7 Å². The smallest absolute Gasteiger partial charge is 0.306 e. The Morgan fingerprint density at radius 2 is 1.97 bits per heavy atom. The van der Waals surface area contributed by atoms with Gasteiger partial charge in [-0.25, -0.2) is 9.37 Å². The predicted octanol–water partition coefficient (Wildman–Crippen LogP) is 4.97. The summed E-state index contributed by atoms with van der Waals surface area (Å²) in [7, 11) is 1.47. The predicted molar refractivity (Wildman–Crippen MR) is 122 cm³/mol. The van der Waals surface area contributed by atoms with E-state index in [0.717, 1.165) is 48.8 Å². The molecule has 3 aromatic rings. The molecule has 5 rings (SSSR count). The molecule has 0 amide bonds. The van der Waals surface area contributed by atoms with E-state index >= 15 is 0 Å². The molecule has 3 heterocycles. The van der Waals surface area contributed by atoms with E-state index in [1.165, 1.54) is 19.4 Å². The molecule has 34 heavy (non-hydrogen) atoms. The maximum Gasteiger partial charge on any atom is 0.306 e. The Hall–Kier alpha value is -3.55. The number of rotatable bonds is 7. The third kappa shape index (κ3) is 4.32. The number of carboxylic acids is 1. The first-order valence-electron chi connectivity index (χ1n) is 11.5. The quantitative estimate of drug-likeness (QED) is 0.529. The topological polar surface area (TPSA) is 94.4 Å². The number of fused-ring (bicyclic) bond motifs is 1. The lowest BCUT2D eigenvalue weighted by molar-refractivity contribution is -0.142. The van der Waals surface area contributed by atoms with Gasteiger partial charge in [-0.05, 0) is 54.7 Å². The normalized spacial score (nSPS) is 19.0. The van der Waals surface area contributed by atoms with Gasteiger partial charge in [0.1, 0.15) is 11.9 Å². The zero-order valence-corrected chi connectivity index (χ0v) is 19.1. The van der Waals surface area contributed by atoms with Crippen LogP contribution in [0.2, 0.25) is 0 Å². The second kappa shape index (κ2) is 9.00. The summed E-state index contributed by atoms with van der Waals surface area (Å²) in [6, 6.07) is 7.60. The summed E-state index contributed by atoms with van der Waals surface area (Å²) in [6.45, 7) is 1.78.